The fourth-order valence-corrected chi connectivity index (χ4v) is 5.41. The van der Waals surface area contributed by atoms with E-state index >= 15 is 0 Å². The van der Waals surface area contributed by atoms with Gasteiger partial charge in [0.2, 0.25) is 0 Å². The van der Waals surface area contributed by atoms with Gasteiger partial charge in [-0.15, -0.1) is 0 Å². The zero-order chi connectivity index (χ0) is 28.1. The summed E-state index contributed by atoms with van der Waals surface area (Å²) in [5.74, 6) is -1.54. The number of carbonyl (C=O) groups is 2. The number of hydrogen-bond acceptors (Lipinski definition) is 6. The number of aliphatic hydroxyl groups excluding tert-OH is 1. The van der Waals surface area contributed by atoms with Crippen molar-refractivity contribution in [3.05, 3.63) is 114 Å². The second-order valence-electron chi connectivity index (χ2n) is 8.34. The Bertz CT molecular complexity index is 1510. The minimum atomic E-state index is -0.812. The predicted octanol–water partition coefficient (Wildman–Crippen LogP) is 8.24. The normalized spacial score (nSPS) is 15.2. The molecule has 3 aromatic carbocycles. The van der Waals surface area contributed by atoms with Gasteiger partial charge in [0.05, 0.1) is 32.1 Å². The summed E-state index contributed by atoms with van der Waals surface area (Å²) in [6, 6.07) is 17.5. The molecule has 3 aromatic rings. The lowest BCUT2D eigenvalue weighted by atomic mass is 10.1. The molecule has 1 amide bonds. The van der Waals surface area contributed by atoms with Gasteiger partial charge in [0.1, 0.15) is 23.0 Å². The number of nitrogens with zero attached hydrogens (tertiary/aromatic N) is 1. The van der Waals surface area contributed by atoms with Crippen LogP contribution in [0.5, 0.6) is 5.75 Å². The lowest BCUT2D eigenvalue weighted by Crippen LogP contribution is -2.14. The smallest absolute Gasteiger partial charge is 0.344 e. The van der Waals surface area contributed by atoms with Gasteiger partial charge in [0.25, 0.3) is 5.91 Å². The number of rotatable bonds is 7. The van der Waals surface area contributed by atoms with Crippen molar-refractivity contribution >= 4 is 69.6 Å². The molecule has 0 aliphatic carbocycles. The maximum atomic E-state index is 12.8. The van der Waals surface area contributed by atoms with E-state index in [0.29, 0.717) is 11.3 Å². The molecule has 200 valence electrons. The highest BCUT2D eigenvalue weighted by atomic mass is 35.5. The van der Waals surface area contributed by atoms with Gasteiger partial charge in [-0.2, -0.15) is 0 Å². The number of esters is 1. The van der Waals surface area contributed by atoms with E-state index in [1.807, 2.05) is 31.2 Å². The third-order valence-corrected chi connectivity index (χ3v) is 7.41. The Hall–Kier alpha value is -3.23. The Kier molecular flexibility index (Phi) is 9.40. The van der Waals surface area contributed by atoms with E-state index in [2.05, 4.69) is 4.99 Å². The van der Waals surface area contributed by atoms with Crippen molar-refractivity contribution in [1.82, 2.24) is 0 Å². The third kappa shape index (κ3) is 6.86. The van der Waals surface area contributed by atoms with Crippen LogP contribution in [0.25, 0.3) is 6.08 Å². The molecule has 1 N–H and O–H groups in total. The molecule has 4 rings (SSSR count). The van der Waals surface area contributed by atoms with E-state index in [0.717, 1.165) is 22.9 Å². The SMILES string of the molecule is CCOC(=O)C1=C(O)/C(=C/c2cc(Cl)c(OCc3ccc(C)cc3)c(Cl)c2)SC1=NC(=O)c1ccccc1Cl. The summed E-state index contributed by atoms with van der Waals surface area (Å²) in [5, 5.41) is 11.6. The maximum Gasteiger partial charge on any atom is 0.344 e. The first-order valence-corrected chi connectivity index (χ1v) is 13.7. The van der Waals surface area contributed by atoms with Crippen molar-refractivity contribution in [3.8, 4) is 5.75 Å². The van der Waals surface area contributed by atoms with Gasteiger partial charge in [-0.3, -0.25) is 4.79 Å². The number of ether oxygens (including phenoxy) is 2. The summed E-state index contributed by atoms with van der Waals surface area (Å²) in [6.45, 7) is 3.98. The van der Waals surface area contributed by atoms with Crippen molar-refractivity contribution in [3.63, 3.8) is 0 Å². The molecule has 0 radical (unpaired) electrons. The molecule has 1 aliphatic heterocycles. The number of halogens is 3. The molecule has 39 heavy (non-hydrogen) atoms. The van der Waals surface area contributed by atoms with E-state index in [-0.39, 0.29) is 55.1 Å². The zero-order valence-electron chi connectivity index (χ0n) is 20.8. The van der Waals surface area contributed by atoms with Gasteiger partial charge >= 0.3 is 5.97 Å². The number of aryl methyl sites for hydroxylation is 1. The summed E-state index contributed by atoms with van der Waals surface area (Å²) >= 11 is 20.0. The molecule has 10 heteroatoms. The molecule has 0 saturated heterocycles. The average molecular weight is 603 g/mol. The number of aliphatic imine (C=N–C) groups is 1. The Balaban J connectivity index is 1.63. The Labute approximate surface area is 244 Å². The first-order valence-electron chi connectivity index (χ1n) is 11.7. The standard InChI is InChI=1S/C29H22Cl3NO5S/c1-3-37-29(36)24-25(34)23(39-28(24)33-27(35)19-6-4-5-7-20(19)30)14-18-12-21(31)26(22(32)13-18)38-15-17-10-8-16(2)9-11-17/h4-14,34H,3,15H2,1-2H3/b23-14-,33-28?. The summed E-state index contributed by atoms with van der Waals surface area (Å²) in [4.78, 5) is 29.8. The molecule has 1 aliphatic rings. The zero-order valence-corrected chi connectivity index (χ0v) is 23.9. The highest BCUT2D eigenvalue weighted by Crippen LogP contribution is 2.41. The van der Waals surface area contributed by atoms with Crippen LogP contribution in [-0.2, 0) is 16.1 Å². The van der Waals surface area contributed by atoms with Crippen molar-refractivity contribution < 1.29 is 24.2 Å². The van der Waals surface area contributed by atoms with Crippen LogP contribution in [0.1, 0.15) is 34.0 Å². The van der Waals surface area contributed by atoms with Gasteiger partial charge in [-0.25, -0.2) is 9.79 Å². The molecule has 0 saturated carbocycles. The van der Waals surface area contributed by atoms with Crippen LogP contribution in [0.4, 0.5) is 0 Å². The molecule has 0 bridgehead atoms. The van der Waals surface area contributed by atoms with Gasteiger partial charge in [0, 0.05) is 0 Å². The van der Waals surface area contributed by atoms with E-state index in [1.165, 1.54) is 6.07 Å². The molecular formula is C29H22Cl3NO5S. The van der Waals surface area contributed by atoms with E-state index in [4.69, 9.17) is 44.3 Å². The van der Waals surface area contributed by atoms with Crippen LogP contribution in [0.3, 0.4) is 0 Å². The van der Waals surface area contributed by atoms with Crippen molar-refractivity contribution in [1.29, 1.82) is 0 Å². The van der Waals surface area contributed by atoms with E-state index in [9.17, 15) is 14.7 Å². The summed E-state index contributed by atoms with van der Waals surface area (Å²) in [7, 11) is 0. The highest BCUT2D eigenvalue weighted by Gasteiger charge is 2.34. The van der Waals surface area contributed by atoms with Crippen molar-refractivity contribution in [2.75, 3.05) is 6.61 Å². The van der Waals surface area contributed by atoms with Crippen molar-refractivity contribution in [2.24, 2.45) is 4.99 Å². The van der Waals surface area contributed by atoms with Gasteiger partial charge in [0.15, 0.2) is 5.75 Å². The van der Waals surface area contributed by atoms with Crippen LogP contribution in [-0.4, -0.2) is 28.6 Å². The van der Waals surface area contributed by atoms with E-state index in [1.54, 1.807) is 43.3 Å². The fourth-order valence-electron chi connectivity index (χ4n) is 3.57. The second kappa shape index (κ2) is 12.7. The Morgan fingerprint density at radius 1 is 1.00 bits per heavy atom. The van der Waals surface area contributed by atoms with Crippen LogP contribution >= 0.6 is 46.6 Å². The molecule has 6 nitrogen and oxygen atoms in total. The monoisotopic (exact) mass is 601 g/mol. The van der Waals surface area contributed by atoms with Crippen LogP contribution in [0.2, 0.25) is 15.1 Å². The number of thioether (sulfide) groups is 1. The van der Waals surface area contributed by atoms with Gasteiger partial charge < -0.3 is 14.6 Å². The maximum absolute atomic E-state index is 12.8. The minimum Gasteiger partial charge on any atom is -0.506 e. The predicted molar refractivity (Wildman–Crippen MR) is 157 cm³/mol. The Morgan fingerprint density at radius 3 is 2.31 bits per heavy atom. The summed E-state index contributed by atoms with van der Waals surface area (Å²) in [5.41, 5.74) is 2.57. The van der Waals surface area contributed by atoms with Crippen molar-refractivity contribution in [2.45, 2.75) is 20.5 Å². The highest BCUT2D eigenvalue weighted by molar-refractivity contribution is 8.18. The first-order chi connectivity index (χ1) is 18.7. The molecular weight excluding hydrogens is 581 g/mol. The number of hydrogen-bond donors (Lipinski definition) is 1. The molecule has 0 aromatic heterocycles. The second-order valence-corrected chi connectivity index (χ2v) is 10.6. The number of carbonyl (C=O) groups excluding carboxylic acids is 2. The number of aliphatic hydroxyl groups is 1. The summed E-state index contributed by atoms with van der Waals surface area (Å²) < 4.78 is 10.9. The van der Waals surface area contributed by atoms with Gasteiger partial charge in [-0.1, -0.05) is 88.5 Å². The largest absolute Gasteiger partial charge is 0.506 e. The topological polar surface area (TPSA) is 85.2 Å². The molecule has 1 heterocycles. The molecule has 0 fully saturated rings. The molecule has 0 unspecified atom stereocenters. The summed E-state index contributed by atoms with van der Waals surface area (Å²) in [6.07, 6.45) is 1.57. The minimum absolute atomic E-state index is 0.0163. The first kappa shape index (κ1) is 28.8. The average Bonchev–Trinajstić information content (AvgIpc) is 3.19. The van der Waals surface area contributed by atoms with E-state index < -0.39 is 11.9 Å². The molecule has 0 spiro atoms. The Morgan fingerprint density at radius 2 is 1.67 bits per heavy atom. The van der Waals surface area contributed by atoms with Crippen LogP contribution in [0.15, 0.2) is 81.9 Å². The molecule has 0 atom stereocenters. The quantitative estimate of drug-likeness (QED) is 0.274. The van der Waals surface area contributed by atoms with Gasteiger partial charge in [-0.05, 0) is 55.3 Å². The lowest BCUT2D eigenvalue weighted by molar-refractivity contribution is -0.138. The third-order valence-electron chi connectivity index (χ3n) is 5.50. The fraction of sp³-hybridized carbons (Fsp3) is 0.138. The van der Waals surface area contributed by atoms with Crippen LogP contribution < -0.4 is 4.74 Å². The van der Waals surface area contributed by atoms with Crippen LogP contribution in [0, 0.1) is 6.92 Å². The number of benzene rings is 3. The lowest BCUT2D eigenvalue weighted by Gasteiger charge is -2.11. The number of amides is 1.